The van der Waals surface area contributed by atoms with Crippen LogP contribution in [0.25, 0.3) is 17.2 Å². The Hall–Kier alpha value is -2.38. The van der Waals surface area contributed by atoms with E-state index in [4.69, 9.17) is 0 Å². The molecule has 0 radical (unpaired) electrons. The molecule has 0 fully saturated rings. The number of allylic oxidation sites excluding steroid dienone is 2. The molecule has 1 nitrogen and oxygen atoms in total. The van der Waals surface area contributed by atoms with Gasteiger partial charge in [0.2, 0.25) is 0 Å². The van der Waals surface area contributed by atoms with Gasteiger partial charge in [0.1, 0.15) is 0 Å². The Morgan fingerprint density at radius 3 is 2.15 bits per heavy atom. The SMILES string of the molecule is CC(C)=C1c2ccccc2C=C(C2=CC[N+](C)(C)CC2)c2ccccc21. The van der Waals surface area contributed by atoms with Gasteiger partial charge < -0.3 is 4.48 Å². The number of benzene rings is 2. The van der Waals surface area contributed by atoms with Crippen LogP contribution in [0.4, 0.5) is 0 Å². The molecule has 132 valence electrons. The van der Waals surface area contributed by atoms with Crippen LogP contribution in [0.3, 0.4) is 0 Å². The van der Waals surface area contributed by atoms with Gasteiger partial charge in [-0.3, -0.25) is 0 Å². The molecule has 0 amide bonds. The predicted molar refractivity (Wildman–Crippen MR) is 113 cm³/mol. The van der Waals surface area contributed by atoms with Gasteiger partial charge in [0, 0.05) is 6.42 Å². The largest absolute Gasteiger partial charge is 0.325 e. The molecule has 1 heterocycles. The summed E-state index contributed by atoms with van der Waals surface area (Å²) in [6.45, 7) is 6.76. The first kappa shape index (κ1) is 17.1. The fourth-order valence-corrected chi connectivity index (χ4v) is 4.19. The monoisotopic (exact) mass is 342 g/mol. The Bertz CT molecular complexity index is 950. The Labute approximate surface area is 157 Å². The first-order chi connectivity index (χ1) is 12.5. The van der Waals surface area contributed by atoms with Crippen LogP contribution in [0.1, 0.15) is 42.5 Å². The number of likely N-dealkylation sites (N-methyl/N-ethyl adjacent to an activating group) is 1. The lowest BCUT2D eigenvalue weighted by Gasteiger charge is -2.33. The van der Waals surface area contributed by atoms with Gasteiger partial charge in [-0.15, -0.1) is 0 Å². The molecule has 0 unspecified atom stereocenters. The van der Waals surface area contributed by atoms with Gasteiger partial charge in [0.25, 0.3) is 0 Å². The Balaban J connectivity index is 1.98. The van der Waals surface area contributed by atoms with Crippen molar-refractivity contribution < 1.29 is 4.48 Å². The molecular weight excluding hydrogens is 314 g/mol. The summed E-state index contributed by atoms with van der Waals surface area (Å²) in [7, 11) is 4.64. The van der Waals surface area contributed by atoms with Crippen LogP contribution in [0.5, 0.6) is 0 Å². The van der Waals surface area contributed by atoms with Crippen LogP contribution in [-0.2, 0) is 0 Å². The highest BCUT2D eigenvalue weighted by atomic mass is 15.3. The van der Waals surface area contributed by atoms with E-state index in [0.717, 1.165) is 17.4 Å². The highest BCUT2D eigenvalue weighted by Gasteiger charge is 2.26. The quantitative estimate of drug-likeness (QED) is 0.576. The third-order valence-electron chi connectivity index (χ3n) is 5.68. The molecule has 26 heavy (non-hydrogen) atoms. The third kappa shape index (κ3) is 2.97. The van der Waals surface area contributed by atoms with Crippen molar-refractivity contribution in [1.29, 1.82) is 0 Å². The number of nitrogens with zero attached hydrogens (tertiary/aromatic N) is 1. The minimum absolute atomic E-state index is 1.08. The van der Waals surface area contributed by atoms with Crippen molar-refractivity contribution in [1.82, 2.24) is 0 Å². The average molecular weight is 343 g/mol. The highest BCUT2D eigenvalue weighted by Crippen LogP contribution is 2.42. The van der Waals surface area contributed by atoms with Crippen LogP contribution < -0.4 is 0 Å². The summed E-state index contributed by atoms with van der Waals surface area (Å²) in [6.07, 6.45) is 6.02. The van der Waals surface area contributed by atoms with Gasteiger partial charge in [0.05, 0.1) is 27.2 Å². The minimum Gasteiger partial charge on any atom is -0.325 e. The van der Waals surface area contributed by atoms with Gasteiger partial charge in [-0.2, -0.15) is 0 Å². The van der Waals surface area contributed by atoms with Crippen molar-refractivity contribution in [3.05, 3.63) is 88.0 Å². The van der Waals surface area contributed by atoms with Crippen LogP contribution in [0.15, 0.2) is 65.8 Å². The molecule has 0 atom stereocenters. The maximum absolute atomic E-state index is 2.46. The summed E-state index contributed by atoms with van der Waals surface area (Å²) < 4.78 is 1.08. The van der Waals surface area contributed by atoms with E-state index in [0.29, 0.717) is 0 Å². The zero-order valence-corrected chi connectivity index (χ0v) is 16.3. The molecule has 1 aliphatic heterocycles. The van der Waals surface area contributed by atoms with Crippen LogP contribution in [-0.4, -0.2) is 31.7 Å². The number of fused-ring (bicyclic) bond motifs is 2. The Morgan fingerprint density at radius 2 is 1.50 bits per heavy atom. The lowest BCUT2D eigenvalue weighted by Crippen LogP contribution is -2.42. The topological polar surface area (TPSA) is 0 Å². The van der Waals surface area contributed by atoms with E-state index in [-0.39, 0.29) is 0 Å². The fourth-order valence-electron chi connectivity index (χ4n) is 4.19. The van der Waals surface area contributed by atoms with Gasteiger partial charge in [-0.05, 0) is 65.0 Å². The molecule has 2 aromatic carbocycles. The molecule has 2 aromatic rings. The van der Waals surface area contributed by atoms with E-state index in [1.807, 2.05) is 0 Å². The second kappa shape index (κ2) is 6.41. The molecule has 0 bridgehead atoms. The van der Waals surface area contributed by atoms with Crippen molar-refractivity contribution >= 4 is 17.2 Å². The predicted octanol–water partition coefficient (Wildman–Crippen LogP) is 5.79. The molecule has 1 aliphatic carbocycles. The zero-order chi connectivity index (χ0) is 18.3. The molecule has 4 rings (SSSR count). The van der Waals surface area contributed by atoms with Gasteiger partial charge >= 0.3 is 0 Å². The summed E-state index contributed by atoms with van der Waals surface area (Å²) in [5.74, 6) is 0. The molecule has 2 aliphatic rings. The summed E-state index contributed by atoms with van der Waals surface area (Å²) in [4.78, 5) is 0. The Kier molecular flexibility index (Phi) is 4.20. The van der Waals surface area contributed by atoms with Crippen molar-refractivity contribution in [3.8, 4) is 0 Å². The maximum atomic E-state index is 2.46. The number of quaternary nitrogens is 1. The zero-order valence-electron chi connectivity index (χ0n) is 16.3. The van der Waals surface area contributed by atoms with E-state index in [1.54, 1.807) is 0 Å². The standard InChI is InChI=1S/C25H28N/c1-18(2)25-21-10-6-5-9-20(21)17-24(22-11-7-8-12-23(22)25)19-13-15-26(3,4)16-14-19/h5-13,17H,14-16H2,1-4H3/q+1. The summed E-state index contributed by atoms with van der Waals surface area (Å²) in [5, 5.41) is 0. The molecule has 0 N–H and O–H groups in total. The van der Waals surface area contributed by atoms with Crippen LogP contribution >= 0.6 is 0 Å². The fraction of sp³-hybridized carbons (Fsp3) is 0.280. The maximum Gasteiger partial charge on any atom is 0.0975 e. The third-order valence-corrected chi connectivity index (χ3v) is 5.68. The van der Waals surface area contributed by atoms with Gasteiger partial charge in [-0.1, -0.05) is 54.1 Å². The van der Waals surface area contributed by atoms with Crippen LogP contribution in [0.2, 0.25) is 0 Å². The summed E-state index contributed by atoms with van der Waals surface area (Å²) >= 11 is 0. The van der Waals surface area contributed by atoms with Crippen molar-refractivity contribution in [3.63, 3.8) is 0 Å². The van der Waals surface area contributed by atoms with Crippen molar-refractivity contribution in [2.75, 3.05) is 27.2 Å². The lowest BCUT2D eigenvalue weighted by molar-refractivity contribution is -0.885. The highest BCUT2D eigenvalue weighted by molar-refractivity contribution is 6.02. The van der Waals surface area contributed by atoms with Crippen molar-refractivity contribution in [2.45, 2.75) is 20.3 Å². The van der Waals surface area contributed by atoms with Crippen LogP contribution in [0, 0.1) is 0 Å². The number of hydrogen-bond acceptors (Lipinski definition) is 0. The second-order valence-corrected chi connectivity index (χ2v) is 8.39. The molecule has 0 saturated heterocycles. The van der Waals surface area contributed by atoms with E-state index in [2.05, 4.69) is 88.6 Å². The number of rotatable bonds is 1. The molecule has 0 spiro atoms. The second-order valence-electron chi connectivity index (χ2n) is 8.39. The summed E-state index contributed by atoms with van der Waals surface area (Å²) in [5.41, 5.74) is 11.1. The Morgan fingerprint density at radius 1 is 0.846 bits per heavy atom. The first-order valence-corrected chi connectivity index (χ1v) is 9.56. The minimum atomic E-state index is 1.08. The average Bonchev–Trinajstić information content (AvgIpc) is 2.76. The normalized spacial score (nSPS) is 18.2. The lowest BCUT2D eigenvalue weighted by atomic mass is 9.87. The summed E-state index contributed by atoms with van der Waals surface area (Å²) in [6, 6.07) is 17.8. The molecule has 1 heteroatoms. The van der Waals surface area contributed by atoms with E-state index in [1.165, 1.54) is 51.1 Å². The number of hydrogen-bond donors (Lipinski definition) is 0. The molecule has 0 saturated carbocycles. The van der Waals surface area contributed by atoms with Gasteiger partial charge in [-0.25, -0.2) is 0 Å². The first-order valence-electron chi connectivity index (χ1n) is 9.56. The smallest absolute Gasteiger partial charge is 0.0975 e. The van der Waals surface area contributed by atoms with Crippen molar-refractivity contribution in [2.24, 2.45) is 0 Å². The van der Waals surface area contributed by atoms with E-state index < -0.39 is 0 Å². The molecular formula is C25H28N+. The van der Waals surface area contributed by atoms with Gasteiger partial charge in [0.15, 0.2) is 0 Å². The molecule has 0 aromatic heterocycles. The van der Waals surface area contributed by atoms with E-state index >= 15 is 0 Å². The van der Waals surface area contributed by atoms with E-state index in [9.17, 15) is 0 Å².